The van der Waals surface area contributed by atoms with E-state index in [1.54, 1.807) is 14.2 Å². The van der Waals surface area contributed by atoms with Gasteiger partial charge in [-0.15, -0.1) is 0 Å². The summed E-state index contributed by atoms with van der Waals surface area (Å²) in [6, 6.07) is 3.93. The van der Waals surface area contributed by atoms with E-state index in [2.05, 4.69) is 13.8 Å². The van der Waals surface area contributed by atoms with Gasteiger partial charge in [-0.25, -0.2) is 0 Å². The molecule has 1 aliphatic heterocycles. The van der Waals surface area contributed by atoms with E-state index in [0.717, 1.165) is 35.7 Å². The molecule has 1 saturated heterocycles. The molecule has 1 aliphatic rings. The number of methoxy groups -OCH3 is 2. The molecular formula is C13H18O3. The van der Waals surface area contributed by atoms with Crippen LogP contribution >= 0.6 is 0 Å². The molecule has 2 rings (SSSR count). The van der Waals surface area contributed by atoms with E-state index in [1.165, 1.54) is 0 Å². The smallest absolute Gasteiger partial charge is 0.128 e. The average molecular weight is 222 g/mol. The average Bonchev–Trinajstić information content (AvgIpc) is 2.24. The minimum absolute atomic E-state index is 0.193. The first-order chi connectivity index (χ1) is 7.60. The molecule has 3 heteroatoms. The lowest BCUT2D eigenvalue weighted by atomic mass is 9.85. The Bertz CT molecular complexity index is 394. The Hall–Kier alpha value is -1.22. The molecule has 0 amide bonds. The number of hydrogen-bond donors (Lipinski definition) is 0. The summed E-state index contributed by atoms with van der Waals surface area (Å²) < 4.78 is 16.3. The van der Waals surface area contributed by atoms with Crippen LogP contribution in [-0.4, -0.2) is 20.8 Å². The second kappa shape index (κ2) is 3.98. The first kappa shape index (κ1) is 11.3. The summed E-state index contributed by atoms with van der Waals surface area (Å²) in [6.45, 7) is 4.99. The Labute approximate surface area is 96.3 Å². The van der Waals surface area contributed by atoms with Crippen LogP contribution in [-0.2, 0) is 10.3 Å². The summed E-state index contributed by atoms with van der Waals surface area (Å²) in [5.41, 5.74) is 2.10. The molecule has 0 aromatic heterocycles. The van der Waals surface area contributed by atoms with Gasteiger partial charge in [0.25, 0.3) is 0 Å². The van der Waals surface area contributed by atoms with Gasteiger partial charge >= 0.3 is 0 Å². The van der Waals surface area contributed by atoms with Gasteiger partial charge in [0.05, 0.1) is 26.4 Å². The summed E-state index contributed by atoms with van der Waals surface area (Å²) >= 11 is 0. The van der Waals surface area contributed by atoms with Crippen molar-refractivity contribution in [1.82, 2.24) is 0 Å². The Balaban J connectivity index is 2.50. The Morgan fingerprint density at radius 1 is 1.25 bits per heavy atom. The second-order valence-corrected chi connectivity index (χ2v) is 4.35. The van der Waals surface area contributed by atoms with Gasteiger partial charge in [0.1, 0.15) is 11.5 Å². The molecule has 0 radical (unpaired) electrons. The quantitative estimate of drug-likeness (QED) is 0.787. The minimum Gasteiger partial charge on any atom is -0.497 e. The molecule has 16 heavy (non-hydrogen) atoms. The molecule has 88 valence electrons. The van der Waals surface area contributed by atoms with Crippen molar-refractivity contribution in [3.8, 4) is 11.5 Å². The zero-order valence-corrected chi connectivity index (χ0v) is 10.3. The number of aryl methyl sites for hydroxylation is 1. The number of ether oxygens (including phenoxy) is 3. The zero-order valence-electron chi connectivity index (χ0n) is 10.3. The van der Waals surface area contributed by atoms with Crippen LogP contribution in [0.1, 0.15) is 24.5 Å². The van der Waals surface area contributed by atoms with Crippen LogP contribution in [0.15, 0.2) is 12.1 Å². The van der Waals surface area contributed by atoms with Crippen molar-refractivity contribution in [2.75, 3.05) is 20.8 Å². The molecule has 1 aromatic carbocycles. The van der Waals surface area contributed by atoms with Gasteiger partial charge in [-0.3, -0.25) is 0 Å². The van der Waals surface area contributed by atoms with Crippen LogP contribution in [0, 0.1) is 6.92 Å². The maximum Gasteiger partial charge on any atom is 0.128 e. The van der Waals surface area contributed by atoms with E-state index in [4.69, 9.17) is 14.2 Å². The van der Waals surface area contributed by atoms with Crippen molar-refractivity contribution in [2.24, 2.45) is 0 Å². The maximum atomic E-state index is 5.68. The van der Waals surface area contributed by atoms with Gasteiger partial charge in [-0.1, -0.05) is 0 Å². The molecule has 0 spiro atoms. The van der Waals surface area contributed by atoms with Gasteiger partial charge in [0, 0.05) is 18.1 Å². The van der Waals surface area contributed by atoms with Crippen molar-refractivity contribution < 1.29 is 14.2 Å². The fourth-order valence-corrected chi connectivity index (χ4v) is 2.28. The third-order valence-electron chi connectivity index (χ3n) is 3.26. The van der Waals surface area contributed by atoms with Crippen LogP contribution in [0.2, 0.25) is 0 Å². The Morgan fingerprint density at radius 3 is 2.38 bits per heavy atom. The second-order valence-electron chi connectivity index (χ2n) is 4.35. The molecule has 1 atom stereocenters. The molecule has 0 saturated carbocycles. The number of rotatable bonds is 3. The summed E-state index contributed by atoms with van der Waals surface area (Å²) in [5, 5.41) is 0. The Morgan fingerprint density at radius 2 is 1.94 bits per heavy atom. The van der Waals surface area contributed by atoms with Crippen molar-refractivity contribution in [3.63, 3.8) is 0 Å². The van der Waals surface area contributed by atoms with E-state index in [9.17, 15) is 0 Å². The molecule has 3 nitrogen and oxygen atoms in total. The van der Waals surface area contributed by atoms with Crippen molar-refractivity contribution in [1.29, 1.82) is 0 Å². The molecule has 1 heterocycles. The highest BCUT2D eigenvalue weighted by Crippen LogP contribution is 2.44. The molecule has 0 aliphatic carbocycles. The van der Waals surface area contributed by atoms with E-state index in [-0.39, 0.29) is 5.60 Å². The maximum absolute atomic E-state index is 5.68. The molecule has 1 fully saturated rings. The third kappa shape index (κ3) is 1.65. The predicted molar refractivity (Wildman–Crippen MR) is 62.2 cm³/mol. The molecular weight excluding hydrogens is 204 g/mol. The monoisotopic (exact) mass is 222 g/mol. The number of hydrogen-bond acceptors (Lipinski definition) is 3. The molecule has 1 aromatic rings. The third-order valence-corrected chi connectivity index (χ3v) is 3.26. The predicted octanol–water partition coefficient (Wildman–Crippen LogP) is 2.65. The lowest BCUT2D eigenvalue weighted by Crippen LogP contribution is -2.38. The molecule has 1 unspecified atom stereocenters. The van der Waals surface area contributed by atoms with Gasteiger partial charge in [-0.2, -0.15) is 0 Å². The van der Waals surface area contributed by atoms with Crippen molar-refractivity contribution in [3.05, 3.63) is 23.3 Å². The Kier molecular flexibility index (Phi) is 2.80. The van der Waals surface area contributed by atoms with Gasteiger partial charge in [0.2, 0.25) is 0 Å². The first-order valence-electron chi connectivity index (χ1n) is 5.48. The standard InChI is InChI=1S/C13H18O3/c1-9-7-10(14-3)8-11(15-4)12(9)13(2)5-6-16-13/h7-8H,5-6H2,1-4H3. The van der Waals surface area contributed by atoms with Crippen molar-refractivity contribution in [2.45, 2.75) is 25.9 Å². The van der Waals surface area contributed by atoms with Crippen LogP contribution in [0.4, 0.5) is 0 Å². The van der Waals surface area contributed by atoms with E-state index < -0.39 is 0 Å². The van der Waals surface area contributed by atoms with E-state index >= 15 is 0 Å². The largest absolute Gasteiger partial charge is 0.497 e. The zero-order chi connectivity index (χ0) is 11.8. The van der Waals surface area contributed by atoms with E-state index in [0.29, 0.717) is 0 Å². The minimum atomic E-state index is -0.193. The summed E-state index contributed by atoms with van der Waals surface area (Å²) in [7, 11) is 3.34. The SMILES string of the molecule is COc1cc(C)c(C2(C)CCO2)c(OC)c1. The first-order valence-corrected chi connectivity index (χ1v) is 5.48. The lowest BCUT2D eigenvalue weighted by molar-refractivity contribution is -0.141. The highest BCUT2D eigenvalue weighted by atomic mass is 16.5. The van der Waals surface area contributed by atoms with E-state index in [1.807, 2.05) is 12.1 Å². The molecule has 0 bridgehead atoms. The van der Waals surface area contributed by atoms with Crippen LogP contribution < -0.4 is 9.47 Å². The fraction of sp³-hybridized carbons (Fsp3) is 0.538. The van der Waals surface area contributed by atoms with Gasteiger partial charge in [-0.05, 0) is 25.5 Å². The fourth-order valence-electron chi connectivity index (χ4n) is 2.28. The summed E-state index contributed by atoms with van der Waals surface area (Å²) in [5.74, 6) is 1.67. The highest BCUT2D eigenvalue weighted by molar-refractivity contribution is 5.49. The highest BCUT2D eigenvalue weighted by Gasteiger charge is 2.38. The van der Waals surface area contributed by atoms with Gasteiger partial charge < -0.3 is 14.2 Å². The van der Waals surface area contributed by atoms with Crippen molar-refractivity contribution >= 4 is 0 Å². The molecule has 0 N–H and O–H groups in total. The lowest BCUT2D eigenvalue weighted by Gasteiger charge is -2.40. The van der Waals surface area contributed by atoms with Crippen LogP contribution in [0.25, 0.3) is 0 Å². The normalized spacial score (nSPS) is 23.8. The summed E-state index contributed by atoms with van der Waals surface area (Å²) in [6.07, 6.45) is 1.04. The van der Waals surface area contributed by atoms with Gasteiger partial charge in [0.15, 0.2) is 0 Å². The topological polar surface area (TPSA) is 27.7 Å². The number of benzene rings is 1. The van der Waals surface area contributed by atoms with Crippen LogP contribution in [0.5, 0.6) is 11.5 Å². The van der Waals surface area contributed by atoms with Crippen LogP contribution in [0.3, 0.4) is 0 Å². The summed E-state index contributed by atoms with van der Waals surface area (Å²) in [4.78, 5) is 0.